The first kappa shape index (κ1) is 12.3. The van der Waals surface area contributed by atoms with Crippen molar-refractivity contribution in [3.63, 3.8) is 0 Å². The van der Waals surface area contributed by atoms with Crippen LogP contribution in [0.3, 0.4) is 0 Å². The number of carbonyl (C=O) groups is 1. The number of hydrogen-bond acceptors (Lipinski definition) is 5. The summed E-state index contributed by atoms with van der Waals surface area (Å²) in [7, 11) is 1.30. The van der Waals surface area contributed by atoms with Crippen LogP contribution in [0.25, 0.3) is 0 Å². The van der Waals surface area contributed by atoms with Crippen LogP contribution >= 0.6 is 0 Å². The molecule has 1 amide bonds. The SMILES string of the molecule is COc1c(C(=O)NC2COC2)cccc1[N+](=O)[O-]. The van der Waals surface area contributed by atoms with Crippen molar-refractivity contribution in [3.05, 3.63) is 33.9 Å². The van der Waals surface area contributed by atoms with Crippen LogP contribution in [-0.4, -0.2) is 37.2 Å². The van der Waals surface area contributed by atoms with Crippen molar-refractivity contribution in [2.75, 3.05) is 20.3 Å². The van der Waals surface area contributed by atoms with Gasteiger partial charge in [0.1, 0.15) is 0 Å². The van der Waals surface area contributed by atoms with Crippen LogP contribution in [-0.2, 0) is 4.74 Å². The van der Waals surface area contributed by atoms with Gasteiger partial charge in [-0.15, -0.1) is 0 Å². The third kappa shape index (κ3) is 2.25. The molecule has 0 aliphatic carbocycles. The average Bonchev–Trinajstić information content (AvgIpc) is 2.32. The van der Waals surface area contributed by atoms with E-state index < -0.39 is 10.8 Å². The number of hydrogen-bond donors (Lipinski definition) is 1. The number of nitro groups is 1. The Morgan fingerprint density at radius 1 is 1.56 bits per heavy atom. The molecule has 0 bridgehead atoms. The molecule has 0 unspecified atom stereocenters. The lowest BCUT2D eigenvalue weighted by Gasteiger charge is -2.26. The zero-order valence-corrected chi connectivity index (χ0v) is 9.71. The summed E-state index contributed by atoms with van der Waals surface area (Å²) in [5.74, 6) is -0.427. The van der Waals surface area contributed by atoms with Crippen LogP contribution in [0, 0.1) is 10.1 Å². The molecule has 0 radical (unpaired) electrons. The number of carbonyl (C=O) groups excluding carboxylic acids is 1. The van der Waals surface area contributed by atoms with Gasteiger partial charge in [-0.2, -0.15) is 0 Å². The molecule has 0 atom stereocenters. The Balaban J connectivity index is 2.28. The summed E-state index contributed by atoms with van der Waals surface area (Å²) in [4.78, 5) is 22.2. The fraction of sp³-hybridized carbons (Fsp3) is 0.364. The van der Waals surface area contributed by atoms with E-state index in [1.165, 1.54) is 25.3 Å². The molecular weight excluding hydrogens is 240 g/mol. The molecule has 1 aromatic rings. The average molecular weight is 252 g/mol. The van der Waals surface area contributed by atoms with E-state index in [-0.39, 0.29) is 23.0 Å². The van der Waals surface area contributed by atoms with E-state index in [1.807, 2.05) is 0 Å². The second kappa shape index (κ2) is 5.01. The Bertz CT molecular complexity index is 484. The molecule has 18 heavy (non-hydrogen) atoms. The Morgan fingerprint density at radius 2 is 2.28 bits per heavy atom. The molecule has 7 heteroatoms. The molecule has 0 aromatic heterocycles. The van der Waals surface area contributed by atoms with Crippen LogP contribution in [0.2, 0.25) is 0 Å². The van der Waals surface area contributed by atoms with E-state index in [2.05, 4.69) is 5.32 Å². The molecule has 1 heterocycles. The number of amides is 1. The second-order valence-corrected chi connectivity index (χ2v) is 3.82. The predicted octanol–water partition coefficient (Wildman–Crippen LogP) is 0.732. The number of para-hydroxylation sites is 1. The van der Waals surface area contributed by atoms with Gasteiger partial charge in [0.15, 0.2) is 0 Å². The van der Waals surface area contributed by atoms with Crippen molar-refractivity contribution in [1.29, 1.82) is 0 Å². The van der Waals surface area contributed by atoms with Gasteiger partial charge in [0, 0.05) is 6.07 Å². The molecule has 1 saturated heterocycles. The minimum absolute atomic E-state index is 0.0276. The highest BCUT2D eigenvalue weighted by Gasteiger charge is 2.26. The van der Waals surface area contributed by atoms with Crippen molar-refractivity contribution in [2.24, 2.45) is 0 Å². The minimum Gasteiger partial charge on any atom is -0.490 e. The molecule has 96 valence electrons. The van der Waals surface area contributed by atoms with Gasteiger partial charge >= 0.3 is 5.69 Å². The van der Waals surface area contributed by atoms with Gasteiger partial charge in [-0.3, -0.25) is 14.9 Å². The number of nitrogens with one attached hydrogen (secondary N) is 1. The first-order valence-electron chi connectivity index (χ1n) is 5.33. The van der Waals surface area contributed by atoms with Crippen LogP contribution in [0.1, 0.15) is 10.4 Å². The molecule has 1 aromatic carbocycles. The molecular formula is C11H12N2O5. The Hall–Kier alpha value is -2.15. The van der Waals surface area contributed by atoms with Crippen molar-refractivity contribution < 1.29 is 19.2 Å². The summed E-state index contributed by atoms with van der Waals surface area (Å²) in [6, 6.07) is 4.19. The first-order valence-corrected chi connectivity index (χ1v) is 5.33. The Morgan fingerprint density at radius 3 is 2.78 bits per heavy atom. The zero-order chi connectivity index (χ0) is 13.1. The van der Waals surface area contributed by atoms with Gasteiger partial charge in [-0.1, -0.05) is 6.07 Å². The highest BCUT2D eigenvalue weighted by Crippen LogP contribution is 2.30. The molecule has 1 fully saturated rings. The summed E-state index contributed by atoms with van der Waals surface area (Å²) in [5.41, 5.74) is -0.0754. The van der Waals surface area contributed by atoms with Crippen LogP contribution < -0.4 is 10.1 Å². The van der Waals surface area contributed by atoms with E-state index >= 15 is 0 Å². The predicted molar refractivity (Wildman–Crippen MR) is 61.7 cm³/mol. The maximum atomic E-state index is 11.9. The summed E-state index contributed by atoms with van der Waals surface area (Å²) >= 11 is 0. The van der Waals surface area contributed by atoms with Crippen LogP contribution in [0.4, 0.5) is 5.69 Å². The van der Waals surface area contributed by atoms with E-state index in [0.717, 1.165) is 0 Å². The summed E-state index contributed by atoms with van der Waals surface area (Å²) in [5, 5.41) is 13.5. The topological polar surface area (TPSA) is 90.7 Å². The smallest absolute Gasteiger partial charge is 0.311 e. The third-order valence-electron chi connectivity index (χ3n) is 2.61. The molecule has 2 rings (SSSR count). The van der Waals surface area contributed by atoms with Crippen LogP contribution in [0.15, 0.2) is 18.2 Å². The Kier molecular flexibility index (Phi) is 3.42. The van der Waals surface area contributed by atoms with E-state index in [4.69, 9.17) is 9.47 Å². The summed E-state index contributed by atoms with van der Waals surface area (Å²) in [6.45, 7) is 0.923. The van der Waals surface area contributed by atoms with Crippen molar-refractivity contribution in [1.82, 2.24) is 5.32 Å². The molecule has 7 nitrogen and oxygen atoms in total. The number of benzene rings is 1. The lowest BCUT2D eigenvalue weighted by molar-refractivity contribution is -0.385. The number of nitro benzene ring substituents is 1. The molecule has 1 N–H and O–H groups in total. The maximum absolute atomic E-state index is 11.9. The fourth-order valence-corrected chi connectivity index (χ4v) is 1.64. The van der Waals surface area contributed by atoms with Gasteiger partial charge in [-0.25, -0.2) is 0 Å². The van der Waals surface area contributed by atoms with Gasteiger partial charge in [0.05, 0.1) is 36.9 Å². The van der Waals surface area contributed by atoms with Gasteiger partial charge < -0.3 is 14.8 Å². The fourth-order valence-electron chi connectivity index (χ4n) is 1.64. The monoisotopic (exact) mass is 252 g/mol. The standard InChI is InChI=1S/C11H12N2O5/c1-17-10-8(3-2-4-9(10)13(15)16)11(14)12-7-5-18-6-7/h2-4,7H,5-6H2,1H3,(H,12,14). The van der Waals surface area contributed by atoms with Gasteiger partial charge in [-0.05, 0) is 6.07 Å². The first-order chi connectivity index (χ1) is 8.63. The van der Waals surface area contributed by atoms with E-state index in [1.54, 1.807) is 0 Å². The molecule has 1 aliphatic heterocycles. The number of rotatable bonds is 4. The van der Waals surface area contributed by atoms with Gasteiger partial charge in [0.25, 0.3) is 5.91 Å². The van der Waals surface area contributed by atoms with Gasteiger partial charge in [0.2, 0.25) is 5.75 Å². The largest absolute Gasteiger partial charge is 0.490 e. The highest BCUT2D eigenvalue weighted by atomic mass is 16.6. The zero-order valence-electron chi connectivity index (χ0n) is 9.71. The maximum Gasteiger partial charge on any atom is 0.311 e. The molecule has 1 aliphatic rings. The number of nitrogens with zero attached hydrogens (tertiary/aromatic N) is 1. The quantitative estimate of drug-likeness (QED) is 0.630. The molecule has 0 spiro atoms. The third-order valence-corrected chi connectivity index (χ3v) is 2.61. The number of ether oxygens (including phenoxy) is 2. The minimum atomic E-state index is -0.581. The lowest BCUT2D eigenvalue weighted by atomic mass is 10.1. The second-order valence-electron chi connectivity index (χ2n) is 3.82. The van der Waals surface area contributed by atoms with Crippen molar-refractivity contribution >= 4 is 11.6 Å². The van der Waals surface area contributed by atoms with E-state index in [0.29, 0.717) is 13.2 Å². The molecule has 0 saturated carbocycles. The van der Waals surface area contributed by atoms with Crippen LogP contribution in [0.5, 0.6) is 5.75 Å². The van der Waals surface area contributed by atoms with Crippen molar-refractivity contribution in [2.45, 2.75) is 6.04 Å². The number of methoxy groups -OCH3 is 1. The lowest BCUT2D eigenvalue weighted by Crippen LogP contribution is -2.48. The van der Waals surface area contributed by atoms with Crippen molar-refractivity contribution in [3.8, 4) is 5.75 Å². The van der Waals surface area contributed by atoms with E-state index in [9.17, 15) is 14.9 Å². The summed E-state index contributed by atoms with van der Waals surface area (Å²) < 4.78 is 9.89. The summed E-state index contributed by atoms with van der Waals surface area (Å²) in [6.07, 6.45) is 0. The highest BCUT2D eigenvalue weighted by molar-refractivity contribution is 5.98. The normalized spacial score (nSPS) is 14.7. The Labute approximate surface area is 103 Å².